The fourth-order valence-corrected chi connectivity index (χ4v) is 0.455. The molecule has 1 nitrogen and oxygen atoms in total. The van der Waals surface area contributed by atoms with Gasteiger partial charge >= 0.3 is 0 Å². The first-order valence-corrected chi connectivity index (χ1v) is 3.02. The SMILES string of the molecule is C\C=C/C(N)=C\C=C\C. The molecule has 0 spiro atoms. The molecular weight excluding hydrogens is 110 g/mol. The predicted molar refractivity (Wildman–Crippen MR) is 41.9 cm³/mol. The van der Waals surface area contributed by atoms with Gasteiger partial charge in [-0.25, -0.2) is 0 Å². The summed E-state index contributed by atoms with van der Waals surface area (Å²) in [4.78, 5) is 0. The van der Waals surface area contributed by atoms with Gasteiger partial charge < -0.3 is 5.73 Å². The lowest BCUT2D eigenvalue weighted by molar-refractivity contribution is 1.41. The zero-order valence-corrected chi connectivity index (χ0v) is 5.96. The van der Waals surface area contributed by atoms with Crippen molar-refractivity contribution in [2.75, 3.05) is 0 Å². The minimum absolute atomic E-state index is 0.788. The van der Waals surface area contributed by atoms with Crippen LogP contribution in [0.2, 0.25) is 0 Å². The number of rotatable bonds is 2. The fraction of sp³-hybridized carbons (Fsp3) is 0.250. The lowest BCUT2D eigenvalue weighted by Gasteiger charge is -1.84. The summed E-state index contributed by atoms with van der Waals surface area (Å²) in [6.07, 6.45) is 9.49. The van der Waals surface area contributed by atoms with Gasteiger partial charge in [-0.1, -0.05) is 18.2 Å². The van der Waals surface area contributed by atoms with Gasteiger partial charge in [0.25, 0.3) is 0 Å². The van der Waals surface area contributed by atoms with Crippen molar-refractivity contribution in [3.63, 3.8) is 0 Å². The molecule has 9 heavy (non-hydrogen) atoms. The Morgan fingerprint density at radius 2 is 1.89 bits per heavy atom. The van der Waals surface area contributed by atoms with Crippen LogP contribution in [0.25, 0.3) is 0 Å². The molecule has 2 N–H and O–H groups in total. The second kappa shape index (κ2) is 5.16. The minimum atomic E-state index is 0.788. The molecule has 0 saturated heterocycles. The third-order valence-electron chi connectivity index (χ3n) is 0.840. The van der Waals surface area contributed by atoms with E-state index in [0.717, 1.165) is 5.70 Å². The molecule has 0 heterocycles. The van der Waals surface area contributed by atoms with E-state index < -0.39 is 0 Å². The maximum atomic E-state index is 5.49. The highest BCUT2D eigenvalue weighted by Crippen LogP contribution is 1.86. The second-order valence-corrected chi connectivity index (χ2v) is 1.69. The average molecular weight is 123 g/mol. The summed E-state index contributed by atoms with van der Waals surface area (Å²) in [7, 11) is 0. The number of nitrogens with two attached hydrogens (primary N) is 1. The maximum absolute atomic E-state index is 5.49. The average Bonchev–Trinajstić information content (AvgIpc) is 1.85. The van der Waals surface area contributed by atoms with Crippen molar-refractivity contribution in [1.82, 2.24) is 0 Å². The maximum Gasteiger partial charge on any atom is 0.0310 e. The molecule has 50 valence electrons. The van der Waals surface area contributed by atoms with Crippen molar-refractivity contribution >= 4 is 0 Å². The van der Waals surface area contributed by atoms with Crippen molar-refractivity contribution in [3.05, 3.63) is 36.1 Å². The topological polar surface area (TPSA) is 26.0 Å². The molecule has 0 aromatic heterocycles. The van der Waals surface area contributed by atoms with Crippen LogP contribution in [0.1, 0.15) is 13.8 Å². The van der Waals surface area contributed by atoms with Gasteiger partial charge in [-0.15, -0.1) is 0 Å². The van der Waals surface area contributed by atoms with E-state index in [2.05, 4.69) is 0 Å². The van der Waals surface area contributed by atoms with Gasteiger partial charge in [0.05, 0.1) is 0 Å². The lowest BCUT2D eigenvalue weighted by Crippen LogP contribution is -1.90. The molecule has 0 bridgehead atoms. The molecule has 0 rings (SSSR count). The van der Waals surface area contributed by atoms with Crippen LogP contribution in [0.15, 0.2) is 36.1 Å². The molecular formula is C8H13N. The third-order valence-corrected chi connectivity index (χ3v) is 0.840. The smallest absolute Gasteiger partial charge is 0.0310 e. The van der Waals surface area contributed by atoms with Crippen LogP contribution in [-0.4, -0.2) is 0 Å². The van der Waals surface area contributed by atoms with Crippen LogP contribution < -0.4 is 5.73 Å². The molecule has 0 aliphatic carbocycles. The first kappa shape index (κ1) is 8.02. The number of allylic oxidation sites excluding steroid dienone is 5. The van der Waals surface area contributed by atoms with Crippen molar-refractivity contribution in [3.8, 4) is 0 Å². The Bertz CT molecular complexity index is 141. The summed E-state index contributed by atoms with van der Waals surface area (Å²) < 4.78 is 0. The van der Waals surface area contributed by atoms with Crippen LogP contribution in [0.4, 0.5) is 0 Å². The largest absolute Gasteiger partial charge is 0.399 e. The van der Waals surface area contributed by atoms with Crippen LogP contribution in [-0.2, 0) is 0 Å². The molecule has 0 aromatic rings. The summed E-state index contributed by atoms with van der Waals surface area (Å²) in [5.41, 5.74) is 6.28. The standard InChI is InChI=1S/C8H13N/c1-3-5-7-8(9)6-4-2/h3-7H,9H2,1-2H3/b5-3+,6-4-,8-7+. The molecule has 0 saturated carbocycles. The zero-order chi connectivity index (χ0) is 7.11. The Labute approximate surface area is 56.6 Å². The highest BCUT2D eigenvalue weighted by molar-refractivity contribution is 5.19. The van der Waals surface area contributed by atoms with Crippen LogP contribution in [0.5, 0.6) is 0 Å². The predicted octanol–water partition coefficient (Wildman–Crippen LogP) is 1.98. The van der Waals surface area contributed by atoms with Crippen molar-refractivity contribution in [2.24, 2.45) is 5.73 Å². The van der Waals surface area contributed by atoms with Gasteiger partial charge in [-0.3, -0.25) is 0 Å². The Balaban J connectivity index is 3.84. The van der Waals surface area contributed by atoms with E-state index in [1.807, 2.05) is 44.2 Å². The van der Waals surface area contributed by atoms with Gasteiger partial charge in [-0.05, 0) is 26.0 Å². The monoisotopic (exact) mass is 123 g/mol. The summed E-state index contributed by atoms with van der Waals surface area (Å²) in [5, 5.41) is 0. The summed E-state index contributed by atoms with van der Waals surface area (Å²) in [6, 6.07) is 0. The molecule has 0 amide bonds. The van der Waals surface area contributed by atoms with Gasteiger partial charge in [-0.2, -0.15) is 0 Å². The molecule has 0 aliphatic rings. The highest BCUT2D eigenvalue weighted by Gasteiger charge is 1.72. The quantitative estimate of drug-likeness (QED) is 0.558. The van der Waals surface area contributed by atoms with Crippen LogP contribution in [0, 0.1) is 0 Å². The number of hydrogen-bond donors (Lipinski definition) is 1. The van der Waals surface area contributed by atoms with E-state index >= 15 is 0 Å². The number of hydrogen-bond acceptors (Lipinski definition) is 1. The van der Waals surface area contributed by atoms with E-state index in [1.54, 1.807) is 0 Å². The fourth-order valence-electron chi connectivity index (χ4n) is 0.455. The Morgan fingerprint density at radius 3 is 2.33 bits per heavy atom. The van der Waals surface area contributed by atoms with Crippen molar-refractivity contribution in [1.29, 1.82) is 0 Å². The first-order chi connectivity index (χ1) is 4.31. The van der Waals surface area contributed by atoms with Gasteiger partial charge in [0.2, 0.25) is 0 Å². The normalized spacial score (nSPS) is 13.8. The minimum Gasteiger partial charge on any atom is -0.399 e. The van der Waals surface area contributed by atoms with Gasteiger partial charge in [0.1, 0.15) is 0 Å². The summed E-state index contributed by atoms with van der Waals surface area (Å²) in [6.45, 7) is 3.90. The Morgan fingerprint density at radius 1 is 1.22 bits per heavy atom. The molecule has 1 heteroatoms. The van der Waals surface area contributed by atoms with E-state index in [9.17, 15) is 0 Å². The Hall–Kier alpha value is -0.980. The van der Waals surface area contributed by atoms with E-state index in [-0.39, 0.29) is 0 Å². The van der Waals surface area contributed by atoms with E-state index in [0.29, 0.717) is 0 Å². The molecule has 0 atom stereocenters. The van der Waals surface area contributed by atoms with Gasteiger partial charge in [0, 0.05) is 5.70 Å². The molecule has 0 unspecified atom stereocenters. The summed E-state index contributed by atoms with van der Waals surface area (Å²) in [5.74, 6) is 0. The molecule has 0 radical (unpaired) electrons. The van der Waals surface area contributed by atoms with E-state index in [4.69, 9.17) is 5.73 Å². The Kier molecular flexibility index (Phi) is 4.60. The zero-order valence-electron chi connectivity index (χ0n) is 5.96. The van der Waals surface area contributed by atoms with Crippen molar-refractivity contribution in [2.45, 2.75) is 13.8 Å². The van der Waals surface area contributed by atoms with Crippen LogP contribution >= 0.6 is 0 Å². The first-order valence-electron chi connectivity index (χ1n) is 3.02. The van der Waals surface area contributed by atoms with E-state index in [1.165, 1.54) is 0 Å². The third kappa shape index (κ3) is 4.88. The molecule has 0 fully saturated rings. The lowest BCUT2D eigenvalue weighted by atomic mass is 10.3. The van der Waals surface area contributed by atoms with Crippen LogP contribution in [0.3, 0.4) is 0 Å². The second-order valence-electron chi connectivity index (χ2n) is 1.69. The summed E-state index contributed by atoms with van der Waals surface area (Å²) >= 11 is 0. The molecule has 0 aliphatic heterocycles. The van der Waals surface area contributed by atoms with Crippen molar-refractivity contribution < 1.29 is 0 Å². The van der Waals surface area contributed by atoms with Gasteiger partial charge in [0.15, 0.2) is 0 Å². The highest BCUT2D eigenvalue weighted by atomic mass is 14.5. The molecule has 0 aromatic carbocycles.